The molecular formula is C19H31N3O2. The minimum absolute atomic E-state index is 0.0817. The number of nitrogens with one attached hydrogen (secondary N) is 1. The number of amides is 2. The van der Waals surface area contributed by atoms with Crippen molar-refractivity contribution in [3.05, 3.63) is 24.3 Å². The maximum Gasteiger partial charge on any atom is 0.242 e. The first-order valence-corrected chi connectivity index (χ1v) is 9.10. The third kappa shape index (κ3) is 4.07. The molecule has 0 spiro atoms. The first-order valence-electron chi connectivity index (χ1n) is 9.10. The van der Waals surface area contributed by atoms with Gasteiger partial charge in [-0.3, -0.25) is 9.59 Å². The molecule has 1 fully saturated rings. The smallest absolute Gasteiger partial charge is 0.242 e. The summed E-state index contributed by atoms with van der Waals surface area (Å²) in [7, 11) is 1.63. The lowest BCUT2D eigenvalue weighted by molar-refractivity contribution is -0.142. The van der Waals surface area contributed by atoms with Crippen molar-refractivity contribution in [2.45, 2.75) is 51.6 Å². The Balaban J connectivity index is 2.18. The fourth-order valence-corrected chi connectivity index (χ4v) is 3.87. The predicted octanol–water partition coefficient (Wildman–Crippen LogP) is 1.85. The molecular weight excluding hydrogens is 302 g/mol. The molecule has 24 heavy (non-hydrogen) atoms. The van der Waals surface area contributed by atoms with Crippen molar-refractivity contribution in [3.8, 4) is 0 Å². The van der Waals surface area contributed by atoms with Gasteiger partial charge in [-0.15, -0.1) is 0 Å². The molecule has 5 heteroatoms. The molecule has 5 atom stereocenters. The normalized spacial score (nSPS) is 29.9. The lowest BCUT2D eigenvalue weighted by Crippen LogP contribution is -2.55. The molecule has 0 aromatic heterocycles. The number of hydrogen-bond acceptors (Lipinski definition) is 3. The van der Waals surface area contributed by atoms with Gasteiger partial charge in [0.15, 0.2) is 0 Å². The van der Waals surface area contributed by atoms with Gasteiger partial charge in [-0.25, -0.2) is 0 Å². The average molecular weight is 333 g/mol. The summed E-state index contributed by atoms with van der Waals surface area (Å²) in [5.41, 5.74) is 6.22. The van der Waals surface area contributed by atoms with Gasteiger partial charge in [0.05, 0.1) is 6.04 Å². The molecule has 1 aliphatic heterocycles. The van der Waals surface area contributed by atoms with E-state index in [-0.39, 0.29) is 17.7 Å². The fraction of sp³-hybridized carbons (Fsp3) is 0.684. The zero-order valence-electron chi connectivity index (χ0n) is 15.1. The lowest BCUT2D eigenvalue weighted by atomic mass is 9.81. The van der Waals surface area contributed by atoms with Crippen LogP contribution in [0, 0.1) is 17.8 Å². The van der Waals surface area contributed by atoms with E-state index in [9.17, 15) is 9.59 Å². The third-order valence-electron chi connectivity index (χ3n) is 5.55. The van der Waals surface area contributed by atoms with Crippen molar-refractivity contribution in [2.75, 3.05) is 13.6 Å². The van der Waals surface area contributed by atoms with Gasteiger partial charge in [0.2, 0.25) is 11.8 Å². The van der Waals surface area contributed by atoms with E-state index < -0.39 is 12.1 Å². The van der Waals surface area contributed by atoms with Gasteiger partial charge < -0.3 is 16.0 Å². The molecule has 1 saturated heterocycles. The molecule has 3 N–H and O–H groups in total. The van der Waals surface area contributed by atoms with Crippen molar-refractivity contribution in [2.24, 2.45) is 23.5 Å². The quantitative estimate of drug-likeness (QED) is 0.806. The van der Waals surface area contributed by atoms with Crippen LogP contribution in [0.15, 0.2) is 24.3 Å². The molecule has 2 rings (SSSR count). The van der Waals surface area contributed by atoms with Crippen LogP contribution >= 0.6 is 0 Å². The van der Waals surface area contributed by atoms with Crippen LogP contribution in [-0.2, 0) is 9.59 Å². The van der Waals surface area contributed by atoms with E-state index in [4.69, 9.17) is 5.73 Å². The summed E-state index contributed by atoms with van der Waals surface area (Å²) in [6.07, 6.45) is 12.0. The zero-order chi connectivity index (χ0) is 17.7. The number of carbonyl (C=O) groups excluding carboxylic acids is 2. The second kappa shape index (κ2) is 8.47. The van der Waals surface area contributed by atoms with Crippen molar-refractivity contribution < 1.29 is 9.59 Å². The summed E-state index contributed by atoms with van der Waals surface area (Å²) >= 11 is 0. The SMILES string of the molecule is CCC(C)C(C(=O)NC)N1CCC(C2C=CC=CC2)CC(N)C1=O. The Kier molecular flexibility index (Phi) is 6.60. The van der Waals surface area contributed by atoms with Crippen LogP contribution in [0.2, 0.25) is 0 Å². The summed E-state index contributed by atoms with van der Waals surface area (Å²) in [5, 5.41) is 2.71. The number of hydrogen-bond donors (Lipinski definition) is 2. The van der Waals surface area contributed by atoms with Crippen LogP contribution in [0.3, 0.4) is 0 Å². The van der Waals surface area contributed by atoms with Crippen molar-refractivity contribution in [1.82, 2.24) is 10.2 Å². The Labute approximate surface area is 145 Å². The summed E-state index contributed by atoms with van der Waals surface area (Å²) in [5.74, 6) is 0.758. The van der Waals surface area contributed by atoms with E-state index >= 15 is 0 Å². The van der Waals surface area contributed by atoms with Crippen molar-refractivity contribution in [3.63, 3.8) is 0 Å². The van der Waals surface area contributed by atoms with Crippen molar-refractivity contribution in [1.29, 1.82) is 0 Å². The Morgan fingerprint density at radius 1 is 1.46 bits per heavy atom. The van der Waals surface area contributed by atoms with Crippen LogP contribution in [0.4, 0.5) is 0 Å². The highest BCUT2D eigenvalue weighted by molar-refractivity contribution is 5.90. The predicted molar refractivity (Wildman–Crippen MR) is 96.1 cm³/mol. The molecule has 2 aliphatic rings. The number of likely N-dealkylation sites (N-methyl/N-ethyl adjacent to an activating group) is 1. The molecule has 134 valence electrons. The van der Waals surface area contributed by atoms with Crippen LogP contribution in [0.5, 0.6) is 0 Å². The number of rotatable bonds is 5. The Morgan fingerprint density at radius 2 is 2.21 bits per heavy atom. The third-order valence-corrected chi connectivity index (χ3v) is 5.55. The zero-order valence-corrected chi connectivity index (χ0v) is 15.1. The Hall–Kier alpha value is -1.62. The molecule has 0 saturated carbocycles. The topological polar surface area (TPSA) is 75.4 Å². The summed E-state index contributed by atoms with van der Waals surface area (Å²) < 4.78 is 0. The molecule has 0 aromatic carbocycles. The maximum atomic E-state index is 12.8. The maximum absolute atomic E-state index is 12.8. The number of nitrogens with two attached hydrogens (primary N) is 1. The fourth-order valence-electron chi connectivity index (χ4n) is 3.87. The molecule has 0 radical (unpaired) electrons. The van der Waals surface area contributed by atoms with Crippen LogP contribution in [0.1, 0.15) is 39.5 Å². The van der Waals surface area contributed by atoms with E-state index in [1.165, 1.54) is 0 Å². The standard InChI is InChI=1S/C19H31N3O2/c1-4-13(2)17(18(23)21-3)22-11-10-15(12-16(20)19(22)24)14-8-6-5-7-9-14/h5-8,13-17H,4,9-12,20H2,1-3H3,(H,21,23). The second-order valence-corrected chi connectivity index (χ2v) is 7.08. The second-order valence-electron chi connectivity index (χ2n) is 7.08. The first-order chi connectivity index (χ1) is 11.5. The van der Waals surface area contributed by atoms with Gasteiger partial charge in [-0.2, -0.15) is 0 Å². The summed E-state index contributed by atoms with van der Waals surface area (Å²) in [6, 6.07) is -0.952. The molecule has 1 aliphatic carbocycles. The Bertz CT molecular complexity index is 515. The minimum Gasteiger partial charge on any atom is -0.357 e. The van der Waals surface area contributed by atoms with E-state index in [0.717, 1.165) is 19.3 Å². The van der Waals surface area contributed by atoms with Gasteiger partial charge in [0.1, 0.15) is 6.04 Å². The highest BCUT2D eigenvalue weighted by Gasteiger charge is 2.39. The number of allylic oxidation sites excluding steroid dienone is 4. The molecule has 5 nitrogen and oxygen atoms in total. The van der Waals surface area contributed by atoms with E-state index in [1.807, 2.05) is 13.8 Å². The average Bonchev–Trinajstić information content (AvgIpc) is 2.76. The number of likely N-dealkylation sites (tertiary alicyclic amines) is 1. The number of nitrogens with zero attached hydrogens (tertiary/aromatic N) is 1. The molecule has 1 heterocycles. The first kappa shape index (κ1) is 18.7. The van der Waals surface area contributed by atoms with Crippen molar-refractivity contribution >= 4 is 11.8 Å². The Morgan fingerprint density at radius 3 is 2.79 bits per heavy atom. The van der Waals surface area contributed by atoms with E-state index in [0.29, 0.717) is 24.8 Å². The van der Waals surface area contributed by atoms with Gasteiger partial charge in [0, 0.05) is 13.6 Å². The van der Waals surface area contributed by atoms with Gasteiger partial charge >= 0.3 is 0 Å². The summed E-state index contributed by atoms with van der Waals surface area (Å²) in [4.78, 5) is 27.0. The van der Waals surface area contributed by atoms with Gasteiger partial charge in [-0.05, 0) is 37.0 Å². The van der Waals surface area contributed by atoms with Crippen LogP contribution in [0.25, 0.3) is 0 Å². The van der Waals surface area contributed by atoms with Gasteiger partial charge in [0.25, 0.3) is 0 Å². The summed E-state index contributed by atoms with van der Waals surface area (Å²) in [6.45, 7) is 4.67. The highest BCUT2D eigenvalue weighted by Crippen LogP contribution is 2.32. The molecule has 2 amide bonds. The highest BCUT2D eigenvalue weighted by atomic mass is 16.2. The van der Waals surface area contributed by atoms with Crippen LogP contribution < -0.4 is 11.1 Å². The minimum atomic E-state index is -0.520. The number of carbonyl (C=O) groups is 2. The van der Waals surface area contributed by atoms with Gasteiger partial charge in [-0.1, -0.05) is 44.6 Å². The lowest BCUT2D eigenvalue weighted by Gasteiger charge is -2.34. The molecule has 0 bridgehead atoms. The largest absolute Gasteiger partial charge is 0.357 e. The monoisotopic (exact) mass is 333 g/mol. The van der Waals surface area contributed by atoms with E-state index in [2.05, 4.69) is 29.6 Å². The molecule has 0 aromatic rings. The van der Waals surface area contributed by atoms with E-state index in [1.54, 1.807) is 11.9 Å². The van der Waals surface area contributed by atoms with Crippen LogP contribution in [-0.4, -0.2) is 42.4 Å². The molecule has 5 unspecified atom stereocenters.